The fourth-order valence-corrected chi connectivity index (χ4v) is 2.12. The highest BCUT2D eigenvalue weighted by molar-refractivity contribution is 6.33. The molecule has 0 saturated carbocycles. The summed E-state index contributed by atoms with van der Waals surface area (Å²) in [4.78, 5) is 14.0. The zero-order chi connectivity index (χ0) is 13.7. The average Bonchev–Trinajstić information content (AvgIpc) is 2.42. The Morgan fingerprint density at radius 1 is 1.47 bits per heavy atom. The Hall–Kier alpha value is -1.61. The van der Waals surface area contributed by atoms with Crippen LogP contribution in [0.3, 0.4) is 0 Å². The van der Waals surface area contributed by atoms with Crippen LogP contribution in [0.2, 0.25) is 5.02 Å². The van der Waals surface area contributed by atoms with Crippen molar-refractivity contribution in [1.29, 1.82) is 5.26 Å². The third-order valence-electron chi connectivity index (χ3n) is 2.95. The van der Waals surface area contributed by atoms with E-state index in [-0.39, 0.29) is 5.91 Å². The van der Waals surface area contributed by atoms with E-state index in [9.17, 15) is 4.79 Å². The second-order valence-electron chi connectivity index (χ2n) is 4.38. The molecule has 6 heteroatoms. The summed E-state index contributed by atoms with van der Waals surface area (Å²) in [6.07, 6.45) is 0. The summed E-state index contributed by atoms with van der Waals surface area (Å²) in [5.41, 5.74) is 0.961. The van der Waals surface area contributed by atoms with Crippen molar-refractivity contribution < 1.29 is 4.79 Å². The molecule has 1 amide bonds. The van der Waals surface area contributed by atoms with Gasteiger partial charge in [-0.25, -0.2) is 0 Å². The monoisotopic (exact) mass is 278 g/mol. The number of hydrogen-bond donors (Lipinski definition) is 2. The molecule has 0 bridgehead atoms. The molecule has 1 saturated heterocycles. The average molecular weight is 279 g/mol. The minimum Gasteiger partial charge on any atom is -0.324 e. The summed E-state index contributed by atoms with van der Waals surface area (Å²) in [6, 6.07) is 6.83. The second kappa shape index (κ2) is 6.53. The molecule has 2 N–H and O–H groups in total. The van der Waals surface area contributed by atoms with Gasteiger partial charge in [0.1, 0.15) is 0 Å². The van der Waals surface area contributed by atoms with Gasteiger partial charge in [0, 0.05) is 26.2 Å². The highest BCUT2D eigenvalue weighted by Crippen LogP contribution is 2.22. The van der Waals surface area contributed by atoms with Gasteiger partial charge in [0.25, 0.3) is 0 Å². The van der Waals surface area contributed by atoms with Crippen LogP contribution in [-0.4, -0.2) is 43.5 Å². The third-order valence-corrected chi connectivity index (χ3v) is 3.28. The summed E-state index contributed by atoms with van der Waals surface area (Å²) in [7, 11) is 0. The van der Waals surface area contributed by atoms with Gasteiger partial charge in [-0.2, -0.15) is 5.26 Å². The first-order chi connectivity index (χ1) is 9.19. The van der Waals surface area contributed by atoms with Gasteiger partial charge < -0.3 is 10.6 Å². The summed E-state index contributed by atoms with van der Waals surface area (Å²) in [6.45, 7) is 3.86. The molecular formula is C13H15ClN4O. The van der Waals surface area contributed by atoms with E-state index in [0.717, 1.165) is 26.2 Å². The molecule has 0 aliphatic carbocycles. The minimum absolute atomic E-state index is 0.112. The zero-order valence-corrected chi connectivity index (χ0v) is 11.2. The van der Waals surface area contributed by atoms with Gasteiger partial charge in [-0.05, 0) is 18.2 Å². The van der Waals surface area contributed by atoms with Crippen molar-refractivity contribution in [3.05, 3.63) is 28.8 Å². The molecule has 1 aromatic carbocycles. The highest BCUT2D eigenvalue weighted by Gasteiger charge is 2.14. The number of hydrogen-bond acceptors (Lipinski definition) is 4. The first-order valence-electron chi connectivity index (χ1n) is 6.11. The number of amides is 1. The molecule has 19 heavy (non-hydrogen) atoms. The predicted octanol–water partition coefficient (Wildman–Crippen LogP) is 1.06. The van der Waals surface area contributed by atoms with Crippen molar-refractivity contribution in [2.45, 2.75) is 0 Å². The van der Waals surface area contributed by atoms with Crippen molar-refractivity contribution in [2.75, 3.05) is 38.0 Å². The van der Waals surface area contributed by atoms with E-state index in [1.165, 1.54) is 0 Å². The van der Waals surface area contributed by atoms with E-state index < -0.39 is 0 Å². The Kier molecular flexibility index (Phi) is 4.74. The second-order valence-corrected chi connectivity index (χ2v) is 4.79. The fourth-order valence-electron chi connectivity index (χ4n) is 1.95. The van der Waals surface area contributed by atoms with Crippen molar-refractivity contribution in [3.8, 4) is 6.07 Å². The van der Waals surface area contributed by atoms with Crippen LogP contribution in [-0.2, 0) is 4.79 Å². The summed E-state index contributed by atoms with van der Waals surface area (Å²) in [5, 5.41) is 15.2. The number of nitriles is 1. The lowest BCUT2D eigenvalue weighted by molar-refractivity contribution is -0.117. The fraction of sp³-hybridized carbons (Fsp3) is 0.385. The number of nitrogens with zero attached hydrogens (tertiary/aromatic N) is 2. The predicted molar refractivity (Wildman–Crippen MR) is 74.1 cm³/mol. The smallest absolute Gasteiger partial charge is 0.238 e. The van der Waals surface area contributed by atoms with E-state index >= 15 is 0 Å². The molecule has 1 heterocycles. The first kappa shape index (κ1) is 13.8. The molecule has 0 spiro atoms. The SMILES string of the molecule is N#Cc1ccc(Cl)c(NC(=O)CN2CCNCC2)c1. The summed E-state index contributed by atoms with van der Waals surface area (Å²) >= 11 is 5.99. The Bertz CT molecular complexity index is 506. The Balaban J connectivity index is 1.96. The molecule has 0 radical (unpaired) electrons. The van der Waals surface area contributed by atoms with Crippen molar-refractivity contribution in [3.63, 3.8) is 0 Å². The van der Waals surface area contributed by atoms with Crippen LogP contribution < -0.4 is 10.6 Å². The lowest BCUT2D eigenvalue weighted by Crippen LogP contribution is -2.46. The van der Waals surface area contributed by atoms with Gasteiger partial charge >= 0.3 is 0 Å². The minimum atomic E-state index is -0.112. The number of carbonyl (C=O) groups excluding carboxylic acids is 1. The van der Waals surface area contributed by atoms with E-state index in [1.54, 1.807) is 18.2 Å². The highest BCUT2D eigenvalue weighted by atomic mass is 35.5. The van der Waals surface area contributed by atoms with E-state index in [1.807, 2.05) is 6.07 Å². The molecular weight excluding hydrogens is 264 g/mol. The third kappa shape index (κ3) is 3.93. The zero-order valence-electron chi connectivity index (χ0n) is 10.4. The van der Waals surface area contributed by atoms with Gasteiger partial charge in [-0.1, -0.05) is 11.6 Å². The number of carbonyl (C=O) groups is 1. The van der Waals surface area contributed by atoms with Crippen molar-refractivity contribution >= 4 is 23.2 Å². The summed E-state index contributed by atoms with van der Waals surface area (Å²) < 4.78 is 0. The normalized spacial score (nSPS) is 15.8. The molecule has 1 aliphatic rings. The van der Waals surface area contributed by atoms with Crippen LogP contribution in [0, 0.1) is 11.3 Å². The lowest BCUT2D eigenvalue weighted by atomic mass is 10.2. The standard InChI is InChI=1S/C13H15ClN4O/c14-11-2-1-10(8-15)7-12(11)17-13(19)9-18-5-3-16-4-6-18/h1-2,7,16H,3-6,9H2,(H,17,19). The Morgan fingerprint density at radius 2 is 2.21 bits per heavy atom. The molecule has 2 rings (SSSR count). The van der Waals surface area contributed by atoms with E-state index in [2.05, 4.69) is 15.5 Å². The first-order valence-corrected chi connectivity index (χ1v) is 6.49. The van der Waals surface area contributed by atoms with Gasteiger partial charge in [0.05, 0.1) is 28.9 Å². The van der Waals surface area contributed by atoms with Crippen LogP contribution in [0.4, 0.5) is 5.69 Å². The molecule has 5 nitrogen and oxygen atoms in total. The number of halogens is 1. The number of rotatable bonds is 3. The topological polar surface area (TPSA) is 68.2 Å². The Labute approximate surface area is 117 Å². The van der Waals surface area contributed by atoms with Gasteiger partial charge in [-0.15, -0.1) is 0 Å². The molecule has 0 aromatic heterocycles. The molecule has 1 aromatic rings. The van der Waals surface area contributed by atoms with Crippen LogP contribution in [0.15, 0.2) is 18.2 Å². The number of anilines is 1. The quantitative estimate of drug-likeness (QED) is 0.867. The van der Waals surface area contributed by atoms with Crippen LogP contribution in [0.1, 0.15) is 5.56 Å². The number of nitrogens with one attached hydrogen (secondary N) is 2. The van der Waals surface area contributed by atoms with Gasteiger partial charge in [0.2, 0.25) is 5.91 Å². The largest absolute Gasteiger partial charge is 0.324 e. The van der Waals surface area contributed by atoms with Crippen molar-refractivity contribution in [1.82, 2.24) is 10.2 Å². The maximum Gasteiger partial charge on any atom is 0.238 e. The van der Waals surface area contributed by atoms with Gasteiger partial charge in [-0.3, -0.25) is 9.69 Å². The number of benzene rings is 1. The Morgan fingerprint density at radius 3 is 2.89 bits per heavy atom. The van der Waals surface area contributed by atoms with Crippen LogP contribution in [0.25, 0.3) is 0 Å². The van der Waals surface area contributed by atoms with E-state index in [4.69, 9.17) is 16.9 Å². The maximum absolute atomic E-state index is 11.9. The molecule has 1 fully saturated rings. The number of piperazine rings is 1. The molecule has 100 valence electrons. The molecule has 0 unspecified atom stereocenters. The molecule has 0 atom stereocenters. The van der Waals surface area contributed by atoms with Crippen molar-refractivity contribution in [2.24, 2.45) is 0 Å². The lowest BCUT2D eigenvalue weighted by Gasteiger charge is -2.26. The molecule has 1 aliphatic heterocycles. The van der Waals surface area contributed by atoms with Crippen LogP contribution >= 0.6 is 11.6 Å². The van der Waals surface area contributed by atoms with Crippen LogP contribution in [0.5, 0.6) is 0 Å². The maximum atomic E-state index is 11.9. The van der Waals surface area contributed by atoms with E-state index in [0.29, 0.717) is 22.8 Å². The summed E-state index contributed by atoms with van der Waals surface area (Å²) in [5.74, 6) is -0.112. The van der Waals surface area contributed by atoms with Gasteiger partial charge in [0.15, 0.2) is 0 Å².